The largest absolute Gasteiger partial charge is 0.380 e. The van der Waals surface area contributed by atoms with Crippen molar-refractivity contribution in [3.8, 4) is 28.6 Å². The molecule has 1 saturated carbocycles. The van der Waals surface area contributed by atoms with Crippen LogP contribution < -0.4 is 10.2 Å². The second kappa shape index (κ2) is 11.1. The molecule has 2 aromatic carbocycles. The molecule has 0 radical (unpaired) electrons. The monoisotopic (exact) mass is 565 g/mol. The number of halogens is 1. The molecule has 4 aromatic rings. The van der Waals surface area contributed by atoms with Crippen LogP contribution in [-0.4, -0.2) is 44.9 Å². The molecule has 1 fully saturated rings. The fourth-order valence-electron chi connectivity index (χ4n) is 5.35. The van der Waals surface area contributed by atoms with Crippen LogP contribution in [0.1, 0.15) is 65.3 Å². The Hall–Kier alpha value is -4.46. The molecule has 0 spiro atoms. The lowest BCUT2D eigenvalue weighted by molar-refractivity contribution is 0.0882. The first-order chi connectivity index (χ1) is 20.3. The van der Waals surface area contributed by atoms with E-state index < -0.39 is 5.82 Å². The van der Waals surface area contributed by atoms with E-state index in [4.69, 9.17) is 9.72 Å². The molecule has 6 rings (SSSR count). The number of nitrogens with one attached hydrogen (secondary N) is 1. The fraction of sp³-hybridized carbons (Fsp3) is 0.344. The summed E-state index contributed by atoms with van der Waals surface area (Å²) in [6, 6.07) is 14.9. The first-order valence-electron chi connectivity index (χ1n) is 14.1. The van der Waals surface area contributed by atoms with Gasteiger partial charge in [0.25, 0.3) is 5.91 Å². The summed E-state index contributed by atoms with van der Waals surface area (Å²) in [5.41, 5.74) is 5.28. The standard InChI is InChI=1S/C32H32FN7O2/c1-18(19(2)42-4)35-15-21-10-26-27(28(33)11-21)16-40(32(26)41)30-13-23(12-29(37-30)22-6-7-22)24-8-5-20(14-34)9-25(24)31-38-36-17-39(31)3/h5,8-13,17-19,22,35H,6-7,15-16H2,1-4H3/t18-,19-/m0/s1. The van der Waals surface area contributed by atoms with E-state index in [0.29, 0.717) is 46.4 Å². The molecule has 1 N–H and O–H groups in total. The van der Waals surface area contributed by atoms with Crippen molar-refractivity contribution in [1.29, 1.82) is 5.26 Å². The van der Waals surface area contributed by atoms with Gasteiger partial charge in [-0.2, -0.15) is 5.26 Å². The number of nitrogens with zero attached hydrogens (tertiary/aromatic N) is 6. The van der Waals surface area contributed by atoms with Crippen molar-refractivity contribution in [3.05, 3.63) is 82.6 Å². The molecule has 9 nitrogen and oxygen atoms in total. The zero-order valence-corrected chi connectivity index (χ0v) is 24.1. The van der Waals surface area contributed by atoms with Crippen LogP contribution in [0.2, 0.25) is 0 Å². The number of fused-ring (bicyclic) bond motifs is 1. The molecule has 0 unspecified atom stereocenters. The minimum atomic E-state index is -0.400. The fourth-order valence-corrected chi connectivity index (χ4v) is 5.35. The summed E-state index contributed by atoms with van der Waals surface area (Å²) in [6.07, 6.45) is 3.66. The van der Waals surface area contributed by atoms with Crippen LogP contribution >= 0.6 is 0 Å². The van der Waals surface area contributed by atoms with Gasteiger partial charge in [-0.1, -0.05) is 6.07 Å². The number of benzene rings is 2. The predicted molar refractivity (Wildman–Crippen MR) is 156 cm³/mol. The Labute approximate surface area is 244 Å². The van der Waals surface area contributed by atoms with Gasteiger partial charge in [0.15, 0.2) is 5.82 Å². The number of rotatable bonds is 9. The van der Waals surface area contributed by atoms with E-state index in [-0.39, 0.29) is 24.6 Å². The van der Waals surface area contributed by atoms with E-state index in [0.717, 1.165) is 35.2 Å². The number of hydrogen-bond acceptors (Lipinski definition) is 7. The lowest BCUT2D eigenvalue weighted by atomic mass is 9.96. The van der Waals surface area contributed by atoms with Crippen LogP contribution in [0.15, 0.2) is 48.8 Å². The highest BCUT2D eigenvalue weighted by Crippen LogP contribution is 2.43. The predicted octanol–water partition coefficient (Wildman–Crippen LogP) is 5.11. The van der Waals surface area contributed by atoms with E-state index in [9.17, 15) is 10.1 Å². The average Bonchev–Trinajstić information content (AvgIpc) is 3.69. The van der Waals surface area contributed by atoms with Crippen LogP contribution in [0.3, 0.4) is 0 Å². The Morgan fingerprint density at radius 1 is 1.14 bits per heavy atom. The van der Waals surface area contributed by atoms with Gasteiger partial charge >= 0.3 is 0 Å². The molecule has 10 heteroatoms. The van der Waals surface area contributed by atoms with Crippen molar-refractivity contribution in [2.75, 3.05) is 12.0 Å². The smallest absolute Gasteiger partial charge is 0.260 e. The second-order valence-electron chi connectivity index (χ2n) is 11.2. The summed E-state index contributed by atoms with van der Waals surface area (Å²) in [4.78, 5) is 20.2. The van der Waals surface area contributed by atoms with Crippen LogP contribution in [-0.2, 0) is 24.9 Å². The summed E-state index contributed by atoms with van der Waals surface area (Å²) in [6.45, 7) is 4.49. The van der Waals surface area contributed by atoms with E-state index in [1.165, 1.54) is 6.07 Å². The maximum atomic E-state index is 15.4. The molecule has 2 atom stereocenters. The topological polar surface area (TPSA) is 109 Å². The lowest BCUT2D eigenvalue weighted by Gasteiger charge is -2.20. The van der Waals surface area contributed by atoms with Crippen LogP contribution in [0, 0.1) is 17.1 Å². The first-order valence-corrected chi connectivity index (χ1v) is 14.1. The Morgan fingerprint density at radius 2 is 1.95 bits per heavy atom. The van der Waals surface area contributed by atoms with Gasteiger partial charge in [0.2, 0.25) is 0 Å². The Balaban J connectivity index is 1.37. The number of carbonyl (C=O) groups excluding carboxylic acids is 1. The number of methoxy groups -OCH3 is 1. The highest BCUT2D eigenvalue weighted by atomic mass is 19.1. The van der Waals surface area contributed by atoms with E-state index >= 15 is 4.39 Å². The van der Waals surface area contributed by atoms with Crippen molar-refractivity contribution < 1.29 is 13.9 Å². The maximum absolute atomic E-state index is 15.4. The molecule has 42 heavy (non-hydrogen) atoms. The van der Waals surface area contributed by atoms with Crippen molar-refractivity contribution in [1.82, 2.24) is 25.1 Å². The van der Waals surface area contributed by atoms with E-state index in [1.807, 2.05) is 39.1 Å². The number of hydrogen-bond donors (Lipinski definition) is 1. The van der Waals surface area contributed by atoms with Gasteiger partial charge in [-0.15, -0.1) is 10.2 Å². The normalized spacial score (nSPS) is 15.9. The summed E-state index contributed by atoms with van der Waals surface area (Å²) in [7, 11) is 3.50. The number of pyridine rings is 1. The summed E-state index contributed by atoms with van der Waals surface area (Å²) in [5.74, 6) is 0.735. The molecule has 2 aromatic heterocycles. The number of amides is 1. The molecule has 1 aliphatic carbocycles. The van der Waals surface area contributed by atoms with Crippen LogP contribution in [0.5, 0.6) is 0 Å². The third-order valence-corrected chi connectivity index (χ3v) is 8.27. The average molecular weight is 566 g/mol. The third kappa shape index (κ3) is 5.17. The molecular formula is C32H32FN7O2. The zero-order valence-electron chi connectivity index (χ0n) is 24.1. The molecule has 0 saturated heterocycles. The van der Waals surface area contributed by atoms with Gasteiger partial charge in [-0.25, -0.2) is 9.37 Å². The number of aryl methyl sites for hydroxylation is 1. The molecule has 214 valence electrons. The van der Waals surface area contributed by atoms with Crippen molar-refractivity contribution >= 4 is 11.7 Å². The van der Waals surface area contributed by atoms with Gasteiger partial charge in [0.1, 0.15) is 18.0 Å². The van der Waals surface area contributed by atoms with Crippen molar-refractivity contribution in [3.63, 3.8) is 0 Å². The number of aromatic nitrogens is 4. The number of nitriles is 1. The minimum absolute atomic E-state index is 0.00861. The van der Waals surface area contributed by atoms with Crippen LogP contribution in [0.4, 0.5) is 10.2 Å². The molecule has 2 aliphatic rings. The van der Waals surface area contributed by atoms with Gasteiger partial charge in [0.05, 0.1) is 24.3 Å². The second-order valence-corrected chi connectivity index (χ2v) is 11.2. The third-order valence-electron chi connectivity index (χ3n) is 8.27. The maximum Gasteiger partial charge on any atom is 0.260 e. The Morgan fingerprint density at radius 3 is 2.64 bits per heavy atom. The number of ether oxygens (including phenoxy) is 1. The summed E-state index contributed by atoms with van der Waals surface area (Å²) < 4.78 is 22.5. The quantitative estimate of drug-likeness (QED) is 0.301. The van der Waals surface area contributed by atoms with Gasteiger partial charge < -0.3 is 14.6 Å². The Kier molecular flexibility index (Phi) is 7.31. The summed E-state index contributed by atoms with van der Waals surface area (Å²) in [5, 5.41) is 21.2. The van der Waals surface area contributed by atoms with E-state index in [1.54, 1.807) is 41.1 Å². The molecular weight excluding hydrogens is 533 g/mol. The SMILES string of the molecule is CO[C@@H](C)[C@H](C)NCc1cc(F)c2c(c1)C(=O)N(c1cc(-c3ccc(C#N)cc3-c3nncn3C)cc(C3CC3)n1)C2. The molecule has 0 bridgehead atoms. The molecule has 1 aliphatic heterocycles. The number of carbonyl (C=O) groups is 1. The van der Waals surface area contributed by atoms with Gasteiger partial charge in [-0.05, 0) is 79.8 Å². The minimum Gasteiger partial charge on any atom is -0.380 e. The van der Waals surface area contributed by atoms with Gasteiger partial charge in [-0.3, -0.25) is 9.69 Å². The van der Waals surface area contributed by atoms with Crippen LogP contribution in [0.25, 0.3) is 22.5 Å². The molecule has 1 amide bonds. The first kappa shape index (κ1) is 27.7. The highest BCUT2D eigenvalue weighted by Gasteiger charge is 2.34. The lowest BCUT2D eigenvalue weighted by Crippen LogP contribution is -2.36. The highest BCUT2D eigenvalue weighted by molar-refractivity contribution is 6.10. The van der Waals surface area contributed by atoms with Gasteiger partial charge in [0, 0.05) is 55.0 Å². The van der Waals surface area contributed by atoms with E-state index in [2.05, 4.69) is 21.6 Å². The Bertz CT molecular complexity index is 1720. The van der Waals surface area contributed by atoms with Crippen molar-refractivity contribution in [2.45, 2.75) is 57.8 Å². The van der Waals surface area contributed by atoms with Crippen molar-refractivity contribution in [2.24, 2.45) is 7.05 Å². The number of anilines is 1. The molecule has 3 heterocycles. The summed E-state index contributed by atoms with van der Waals surface area (Å²) >= 11 is 0. The zero-order chi connectivity index (χ0) is 29.5.